The molecule has 5 aromatic rings. The van der Waals surface area contributed by atoms with E-state index in [0.717, 1.165) is 65.4 Å². The number of nitrogens with one attached hydrogen (secondary N) is 2. The maximum atomic E-state index is 12.5. The molecular formula is C27H24N8O. The maximum Gasteiger partial charge on any atom is 0.274 e. The first-order valence-corrected chi connectivity index (χ1v) is 11.8. The van der Waals surface area contributed by atoms with Gasteiger partial charge in [0.2, 0.25) is 0 Å². The summed E-state index contributed by atoms with van der Waals surface area (Å²) in [6, 6.07) is 19.5. The largest absolute Gasteiger partial charge is 0.368 e. The van der Waals surface area contributed by atoms with Gasteiger partial charge in [0.1, 0.15) is 17.8 Å². The number of carbonyl (C=O) groups is 1. The molecular weight excluding hydrogens is 452 g/mol. The minimum absolute atomic E-state index is 0.219. The van der Waals surface area contributed by atoms with Crippen molar-refractivity contribution in [2.24, 2.45) is 0 Å². The third kappa shape index (κ3) is 4.34. The first-order chi connectivity index (χ1) is 17.7. The number of fused-ring (bicyclic) bond motifs is 1. The number of hydrogen-bond donors (Lipinski definition) is 2. The molecule has 9 nitrogen and oxygen atoms in total. The zero-order valence-electron chi connectivity index (χ0n) is 19.5. The highest BCUT2D eigenvalue weighted by Gasteiger charge is 2.21. The Morgan fingerprint density at radius 3 is 2.56 bits per heavy atom. The van der Waals surface area contributed by atoms with Crippen molar-refractivity contribution >= 4 is 34.0 Å². The Hall–Kier alpha value is -4.79. The normalized spacial score (nSPS) is 13.7. The van der Waals surface area contributed by atoms with Gasteiger partial charge in [-0.25, -0.2) is 9.97 Å². The van der Waals surface area contributed by atoms with Gasteiger partial charge < -0.3 is 15.1 Å². The Morgan fingerprint density at radius 2 is 1.75 bits per heavy atom. The van der Waals surface area contributed by atoms with Crippen LogP contribution in [0.2, 0.25) is 0 Å². The number of hydrogen-bond acceptors (Lipinski definition) is 7. The van der Waals surface area contributed by atoms with Crippen molar-refractivity contribution in [1.29, 1.82) is 0 Å². The van der Waals surface area contributed by atoms with E-state index < -0.39 is 0 Å². The zero-order chi connectivity index (χ0) is 24.3. The van der Waals surface area contributed by atoms with E-state index in [-0.39, 0.29) is 5.91 Å². The molecule has 0 unspecified atom stereocenters. The molecule has 0 atom stereocenters. The molecule has 178 valence electrons. The Morgan fingerprint density at radius 1 is 0.861 bits per heavy atom. The highest BCUT2D eigenvalue weighted by Crippen LogP contribution is 2.30. The molecule has 2 aromatic carbocycles. The summed E-state index contributed by atoms with van der Waals surface area (Å²) in [4.78, 5) is 30.4. The van der Waals surface area contributed by atoms with E-state index in [1.165, 1.54) is 0 Å². The lowest BCUT2D eigenvalue weighted by atomic mass is 10.1. The number of piperazine rings is 1. The molecule has 6 rings (SSSR count). The number of rotatable bonds is 5. The van der Waals surface area contributed by atoms with Crippen LogP contribution in [0.15, 0.2) is 85.6 Å². The summed E-state index contributed by atoms with van der Waals surface area (Å²) in [5.74, 6) is 0.726. The summed E-state index contributed by atoms with van der Waals surface area (Å²) in [5, 5.41) is 10.9. The van der Waals surface area contributed by atoms with Crippen LogP contribution in [0.3, 0.4) is 0 Å². The first-order valence-electron chi connectivity index (χ1n) is 11.8. The average Bonchev–Trinajstić information content (AvgIpc) is 3.48. The van der Waals surface area contributed by atoms with E-state index in [4.69, 9.17) is 0 Å². The Labute approximate surface area is 207 Å². The molecule has 36 heavy (non-hydrogen) atoms. The summed E-state index contributed by atoms with van der Waals surface area (Å²) in [7, 11) is 0. The van der Waals surface area contributed by atoms with Crippen LogP contribution in [0.1, 0.15) is 10.5 Å². The number of H-pyrrole nitrogens is 1. The molecule has 1 amide bonds. The summed E-state index contributed by atoms with van der Waals surface area (Å²) < 4.78 is 0. The smallest absolute Gasteiger partial charge is 0.274 e. The van der Waals surface area contributed by atoms with E-state index >= 15 is 0 Å². The number of nitrogens with zero attached hydrogens (tertiary/aromatic N) is 6. The van der Waals surface area contributed by atoms with E-state index in [1.54, 1.807) is 30.7 Å². The van der Waals surface area contributed by atoms with Crippen LogP contribution in [-0.2, 0) is 0 Å². The predicted octanol–water partition coefficient (Wildman–Crippen LogP) is 3.99. The monoisotopic (exact) mass is 476 g/mol. The van der Waals surface area contributed by atoms with E-state index in [2.05, 4.69) is 58.5 Å². The van der Waals surface area contributed by atoms with Crippen LogP contribution in [0.5, 0.6) is 0 Å². The molecule has 0 saturated carbocycles. The second-order valence-corrected chi connectivity index (χ2v) is 8.61. The summed E-state index contributed by atoms with van der Waals surface area (Å²) in [6.45, 7) is 3.33. The number of aromatic amines is 1. The minimum Gasteiger partial charge on any atom is -0.368 e. The van der Waals surface area contributed by atoms with Gasteiger partial charge in [-0.2, -0.15) is 5.10 Å². The molecule has 1 fully saturated rings. The van der Waals surface area contributed by atoms with Crippen LogP contribution >= 0.6 is 0 Å². The van der Waals surface area contributed by atoms with Gasteiger partial charge >= 0.3 is 0 Å². The fourth-order valence-electron chi connectivity index (χ4n) is 4.53. The Bertz CT molecular complexity index is 1500. The van der Waals surface area contributed by atoms with Crippen LogP contribution in [-0.4, -0.2) is 57.2 Å². The van der Waals surface area contributed by atoms with Gasteiger partial charge in [-0.15, -0.1) is 0 Å². The van der Waals surface area contributed by atoms with Crippen LogP contribution in [0.25, 0.3) is 22.0 Å². The Balaban J connectivity index is 1.17. The number of carbonyl (C=O) groups excluding carboxylic acids is 1. The van der Waals surface area contributed by atoms with E-state index in [1.807, 2.05) is 36.7 Å². The molecule has 3 aromatic heterocycles. The molecule has 0 bridgehead atoms. The van der Waals surface area contributed by atoms with Gasteiger partial charge in [-0.3, -0.25) is 14.9 Å². The molecule has 1 aliphatic rings. The number of amides is 1. The highest BCUT2D eigenvalue weighted by molar-refractivity contribution is 6.03. The summed E-state index contributed by atoms with van der Waals surface area (Å²) in [6.07, 6.45) is 6.95. The first kappa shape index (κ1) is 21.7. The van der Waals surface area contributed by atoms with Crippen molar-refractivity contribution in [2.45, 2.75) is 0 Å². The SMILES string of the molecule is O=C(Nc1cccc(N2CCN(c3ncnc4ccc(-c5cn[nH]c5)cc34)CC2)c1)c1ccccn1. The fraction of sp³-hybridized carbons (Fsp3) is 0.148. The van der Waals surface area contributed by atoms with Crippen molar-refractivity contribution in [3.63, 3.8) is 0 Å². The third-order valence-electron chi connectivity index (χ3n) is 6.39. The third-order valence-corrected chi connectivity index (χ3v) is 6.39. The standard InChI is InChI=1S/C27H24N8O/c36-27(25-6-1-2-9-28-25)33-21-4-3-5-22(15-21)34-10-12-35(13-11-34)26-23-14-19(20-16-31-32-17-20)7-8-24(23)29-18-30-26/h1-9,14-18H,10-13H2,(H,31,32)(H,33,36). The van der Waals surface area contributed by atoms with Crippen LogP contribution < -0.4 is 15.1 Å². The molecule has 1 saturated heterocycles. The van der Waals surface area contributed by atoms with Crippen molar-refractivity contribution in [1.82, 2.24) is 25.1 Å². The summed E-state index contributed by atoms with van der Waals surface area (Å²) >= 11 is 0. The highest BCUT2D eigenvalue weighted by atomic mass is 16.1. The molecule has 2 N–H and O–H groups in total. The molecule has 1 aliphatic heterocycles. The number of pyridine rings is 1. The van der Waals surface area contributed by atoms with Gasteiger partial charge in [-0.1, -0.05) is 18.2 Å². The van der Waals surface area contributed by atoms with Gasteiger partial charge in [0.25, 0.3) is 5.91 Å². The van der Waals surface area contributed by atoms with Crippen LogP contribution in [0.4, 0.5) is 17.2 Å². The zero-order valence-corrected chi connectivity index (χ0v) is 19.5. The van der Waals surface area contributed by atoms with Crippen molar-refractivity contribution < 1.29 is 4.79 Å². The fourth-order valence-corrected chi connectivity index (χ4v) is 4.53. The lowest BCUT2D eigenvalue weighted by Gasteiger charge is -2.37. The molecule has 4 heterocycles. The van der Waals surface area contributed by atoms with Crippen molar-refractivity contribution in [2.75, 3.05) is 41.3 Å². The van der Waals surface area contributed by atoms with Crippen molar-refractivity contribution in [3.05, 3.63) is 91.3 Å². The minimum atomic E-state index is -0.219. The number of benzene rings is 2. The van der Waals surface area contributed by atoms with Gasteiger partial charge in [0.05, 0.1) is 11.7 Å². The Kier molecular flexibility index (Phi) is 5.71. The number of anilines is 3. The van der Waals surface area contributed by atoms with E-state index in [0.29, 0.717) is 5.69 Å². The lowest BCUT2D eigenvalue weighted by Crippen LogP contribution is -2.47. The average molecular weight is 477 g/mol. The molecule has 0 aliphatic carbocycles. The predicted molar refractivity (Wildman–Crippen MR) is 140 cm³/mol. The van der Waals surface area contributed by atoms with Gasteiger partial charge in [0, 0.05) is 60.9 Å². The van der Waals surface area contributed by atoms with E-state index in [9.17, 15) is 4.79 Å². The lowest BCUT2D eigenvalue weighted by molar-refractivity contribution is 0.102. The van der Waals surface area contributed by atoms with Gasteiger partial charge in [-0.05, 0) is 48.0 Å². The van der Waals surface area contributed by atoms with Gasteiger partial charge in [0.15, 0.2) is 0 Å². The maximum absolute atomic E-state index is 12.5. The topological polar surface area (TPSA) is 103 Å². The van der Waals surface area contributed by atoms with Crippen molar-refractivity contribution in [3.8, 4) is 11.1 Å². The molecule has 9 heteroatoms. The summed E-state index contributed by atoms with van der Waals surface area (Å²) in [5.41, 5.74) is 5.25. The molecule has 0 radical (unpaired) electrons. The number of aromatic nitrogens is 5. The van der Waals surface area contributed by atoms with Crippen LogP contribution in [0, 0.1) is 0 Å². The second-order valence-electron chi connectivity index (χ2n) is 8.61. The quantitative estimate of drug-likeness (QED) is 0.395. The molecule has 0 spiro atoms. The second kappa shape index (κ2) is 9.46.